The molecule has 1 aliphatic carbocycles. The molecule has 1 aliphatic rings. The van der Waals surface area contributed by atoms with E-state index in [0.717, 1.165) is 29.6 Å². The van der Waals surface area contributed by atoms with E-state index in [2.05, 4.69) is 21.4 Å². The van der Waals surface area contributed by atoms with Crippen LogP contribution in [0.5, 0.6) is 0 Å². The number of hydrogen-bond acceptors (Lipinski definition) is 4. The second-order valence-electron chi connectivity index (χ2n) is 6.14. The molecule has 24 heavy (non-hydrogen) atoms. The number of nitrogens with zero attached hydrogens (tertiary/aromatic N) is 3. The van der Waals surface area contributed by atoms with Crippen LogP contribution in [0.15, 0.2) is 41.3 Å². The molecule has 2 N–H and O–H groups in total. The van der Waals surface area contributed by atoms with Gasteiger partial charge in [0.25, 0.3) is 0 Å². The summed E-state index contributed by atoms with van der Waals surface area (Å²) >= 11 is 0. The Morgan fingerprint density at radius 2 is 2.00 bits per heavy atom. The number of imidazole rings is 1. The van der Waals surface area contributed by atoms with Gasteiger partial charge in [-0.15, -0.1) is 0 Å². The van der Waals surface area contributed by atoms with Crippen LogP contribution in [0.25, 0.3) is 11.0 Å². The fourth-order valence-corrected chi connectivity index (χ4v) is 3.39. The van der Waals surface area contributed by atoms with Gasteiger partial charge in [0.2, 0.25) is 0 Å². The van der Waals surface area contributed by atoms with Crippen molar-refractivity contribution >= 4 is 22.5 Å². The van der Waals surface area contributed by atoms with E-state index in [1.807, 2.05) is 22.8 Å². The second-order valence-corrected chi connectivity index (χ2v) is 6.14. The molecule has 3 aromatic rings. The maximum Gasteiger partial charge on any atom is 0.326 e. The molecule has 0 unspecified atom stereocenters. The van der Waals surface area contributed by atoms with Crippen LogP contribution in [0.1, 0.15) is 37.3 Å². The van der Waals surface area contributed by atoms with Crippen molar-refractivity contribution < 1.29 is 0 Å². The van der Waals surface area contributed by atoms with Gasteiger partial charge in [0.1, 0.15) is 5.82 Å². The Balaban J connectivity index is 1.70. The summed E-state index contributed by atoms with van der Waals surface area (Å²) in [7, 11) is 0. The molecular weight excluding hydrogens is 302 g/mol. The fourth-order valence-electron chi connectivity index (χ4n) is 3.39. The minimum atomic E-state index is -0.0609. The summed E-state index contributed by atoms with van der Waals surface area (Å²) in [6, 6.07) is 11.5. The van der Waals surface area contributed by atoms with Gasteiger partial charge in [0, 0.05) is 17.8 Å². The van der Waals surface area contributed by atoms with E-state index in [0.29, 0.717) is 11.4 Å². The number of benzene rings is 1. The van der Waals surface area contributed by atoms with E-state index in [4.69, 9.17) is 5.26 Å². The molecule has 0 aliphatic heterocycles. The lowest BCUT2D eigenvalue weighted by Gasteiger charge is -2.12. The number of anilines is 2. The summed E-state index contributed by atoms with van der Waals surface area (Å²) in [5, 5.41) is 12.1. The maximum absolute atomic E-state index is 12.3. The molecule has 1 saturated carbocycles. The lowest BCUT2D eigenvalue weighted by atomic mass is 10.2. The minimum Gasteiger partial charge on any atom is -0.340 e. The van der Waals surface area contributed by atoms with Gasteiger partial charge in [0.15, 0.2) is 0 Å². The maximum atomic E-state index is 12.3. The first-order chi connectivity index (χ1) is 11.7. The molecule has 1 aromatic carbocycles. The lowest BCUT2D eigenvalue weighted by Crippen LogP contribution is -2.20. The zero-order valence-corrected chi connectivity index (χ0v) is 13.1. The molecule has 0 saturated heterocycles. The van der Waals surface area contributed by atoms with Crippen LogP contribution in [-0.2, 0) is 0 Å². The first-order valence-electron chi connectivity index (χ1n) is 8.12. The summed E-state index contributed by atoms with van der Waals surface area (Å²) in [6.07, 6.45) is 6.13. The van der Waals surface area contributed by atoms with Gasteiger partial charge in [-0.25, -0.2) is 9.78 Å². The van der Waals surface area contributed by atoms with Gasteiger partial charge in [-0.05, 0) is 37.1 Å². The molecule has 0 bridgehead atoms. The topological polar surface area (TPSA) is 86.5 Å². The Labute approximate surface area is 138 Å². The van der Waals surface area contributed by atoms with E-state index in [-0.39, 0.29) is 11.7 Å². The van der Waals surface area contributed by atoms with E-state index in [1.54, 1.807) is 18.3 Å². The quantitative estimate of drug-likeness (QED) is 0.774. The number of fused-ring (bicyclic) bond motifs is 1. The summed E-state index contributed by atoms with van der Waals surface area (Å²) in [4.78, 5) is 19.6. The molecule has 0 amide bonds. The average molecular weight is 319 g/mol. The van der Waals surface area contributed by atoms with Crippen LogP contribution in [0.2, 0.25) is 0 Å². The van der Waals surface area contributed by atoms with Crippen LogP contribution in [0.3, 0.4) is 0 Å². The zero-order chi connectivity index (χ0) is 16.5. The number of nitriles is 1. The third kappa shape index (κ3) is 2.54. The minimum absolute atomic E-state index is 0.0609. The third-order valence-corrected chi connectivity index (χ3v) is 4.58. The van der Waals surface area contributed by atoms with Crippen LogP contribution < -0.4 is 11.0 Å². The van der Waals surface area contributed by atoms with Crippen molar-refractivity contribution in [3.8, 4) is 6.07 Å². The molecule has 6 nitrogen and oxygen atoms in total. The molecule has 6 heteroatoms. The fraction of sp³-hybridized carbons (Fsp3) is 0.278. The largest absolute Gasteiger partial charge is 0.340 e. The Kier molecular flexibility index (Phi) is 3.54. The van der Waals surface area contributed by atoms with Gasteiger partial charge in [-0.2, -0.15) is 5.26 Å². The summed E-state index contributed by atoms with van der Waals surface area (Å²) in [5.41, 5.74) is 3.06. The Hall–Kier alpha value is -3.07. The van der Waals surface area contributed by atoms with Gasteiger partial charge >= 0.3 is 5.69 Å². The number of rotatable bonds is 3. The highest BCUT2D eigenvalue weighted by molar-refractivity contribution is 5.78. The van der Waals surface area contributed by atoms with E-state index in [9.17, 15) is 4.79 Å². The van der Waals surface area contributed by atoms with Crippen molar-refractivity contribution in [1.29, 1.82) is 5.26 Å². The van der Waals surface area contributed by atoms with E-state index in [1.165, 1.54) is 12.8 Å². The highest BCUT2D eigenvalue weighted by atomic mass is 16.1. The van der Waals surface area contributed by atoms with Crippen LogP contribution in [0, 0.1) is 11.3 Å². The summed E-state index contributed by atoms with van der Waals surface area (Å²) in [5.74, 6) is 0.679. The number of hydrogen-bond donors (Lipinski definition) is 2. The lowest BCUT2D eigenvalue weighted by molar-refractivity contribution is 0.518. The van der Waals surface area contributed by atoms with E-state index < -0.39 is 0 Å². The summed E-state index contributed by atoms with van der Waals surface area (Å²) in [6.45, 7) is 0. The zero-order valence-electron chi connectivity index (χ0n) is 13.1. The number of nitrogens with one attached hydrogen (secondary N) is 2. The SMILES string of the molecule is N#Cc1ccc(Nc2cc3c(cn2)[nH]c(=O)n3C2CCCC2)cc1. The molecule has 0 atom stereocenters. The van der Waals surface area contributed by atoms with Crippen molar-refractivity contribution in [3.05, 3.63) is 52.6 Å². The Bertz CT molecular complexity index is 971. The first kappa shape index (κ1) is 14.5. The molecule has 0 spiro atoms. The third-order valence-electron chi connectivity index (χ3n) is 4.58. The number of aromatic nitrogens is 3. The summed E-state index contributed by atoms with van der Waals surface area (Å²) < 4.78 is 1.87. The Morgan fingerprint density at radius 1 is 1.25 bits per heavy atom. The number of H-pyrrole nitrogens is 1. The second kappa shape index (κ2) is 5.85. The molecule has 2 aromatic heterocycles. The van der Waals surface area contributed by atoms with Crippen LogP contribution in [0.4, 0.5) is 11.5 Å². The molecular formula is C18H17N5O. The predicted octanol–water partition coefficient (Wildman–Crippen LogP) is 3.45. The van der Waals surface area contributed by atoms with Gasteiger partial charge < -0.3 is 10.3 Å². The standard InChI is InChI=1S/C18H17N5O/c19-10-12-5-7-13(8-6-12)21-17-9-16-15(11-20-17)22-18(24)23(16)14-3-1-2-4-14/h5-9,11,14H,1-4H2,(H,20,21)(H,22,24). The first-order valence-corrected chi connectivity index (χ1v) is 8.12. The number of pyridine rings is 1. The number of aromatic amines is 1. The van der Waals surface area contributed by atoms with Crippen molar-refractivity contribution in [2.24, 2.45) is 0 Å². The van der Waals surface area contributed by atoms with Crippen molar-refractivity contribution in [2.45, 2.75) is 31.7 Å². The Morgan fingerprint density at radius 3 is 2.71 bits per heavy atom. The van der Waals surface area contributed by atoms with Crippen molar-refractivity contribution in [2.75, 3.05) is 5.32 Å². The molecule has 1 fully saturated rings. The van der Waals surface area contributed by atoms with Gasteiger partial charge in [-0.3, -0.25) is 4.57 Å². The normalized spacial score (nSPS) is 14.8. The monoisotopic (exact) mass is 319 g/mol. The van der Waals surface area contributed by atoms with Crippen LogP contribution >= 0.6 is 0 Å². The van der Waals surface area contributed by atoms with E-state index >= 15 is 0 Å². The van der Waals surface area contributed by atoms with Crippen molar-refractivity contribution in [1.82, 2.24) is 14.5 Å². The van der Waals surface area contributed by atoms with Gasteiger partial charge in [0.05, 0.1) is 28.9 Å². The highest BCUT2D eigenvalue weighted by Gasteiger charge is 2.21. The highest BCUT2D eigenvalue weighted by Crippen LogP contribution is 2.31. The molecule has 4 rings (SSSR count). The molecule has 2 heterocycles. The molecule has 0 radical (unpaired) electrons. The predicted molar refractivity (Wildman–Crippen MR) is 92.3 cm³/mol. The smallest absolute Gasteiger partial charge is 0.326 e. The van der Waals surface area contributed by atoms with Crippen LogP contribution in [-0.4, -0.2) is 14.5 Å². The van der Waals surface area contributed by atoms with Gasteiger partial charge in [-0.1, -0.05) is 12.8 Å². The molecule has 120 valence electrons. The average Bonchev–Trinajstić information content (AvgIpc) is 3.22. The van der Waals surface area contributed by atoms with Crippen molar-refractivity contribution in [3.63, 3.8) is 0 Å².